The van der Waals surface area contributed by atoms with Crippen LogP contribution in [0.15, 0.2) is 67.3 Å². The van der Waals surface area contributed by atoms with Gasteiger partial charge in [-0.1, -0.05) is 72.4 Å². The second-order valence-corrected chi connectivity index (χ2v) is 6.52. The maximum Gasteiger partial charge on any atom is 0.304 e. The summed E-state index contributed by atoms with van der Waals surface area (Å²) in [7, 11) is 0. The molecule has 0 aliphatic rings. The van der Waals surface area contributed by atoms with Gasteiger partial charge in [-0.2, -0.15) is 0 Å². The molecule has 3 heteroatoms. The van der Waals surface area contributed by atoms with Gasteiger partial charge in [0.05, 0.1) is 6.61 Å². The van der Waals surface area contributed by atoms with Gasteiger partial charge < -0.3 is 9.47 Å². The first-order valence-corrected chi connectivity index (χ1v) is 9.64. The molecule has 0 aromatic heterocycles. The van der Waals surface area contributed by atoms with Crippen molar-refractivity contribution in [3.05, 3.63) is 83.9 Å². The van der Waals surface area contributed by atoms with E-state index in [4.69, 9.17) is 15.9 Å². The third kappa shape index (κ3) is 7.70. The van der Waals surface area contributed by atoms with Gasteiger partial charge in [0, 0.05) is 18.1 Å². The Hall–Kier alpha value is -3.27. The maximum absolute atomic E-state index is 11.3. The van der Waals surface area contributed by atoms with Crippen molar-refractivity contribution in [2.45, 2.75) is 45.0 Å². The Bertz CT molecular complexity index is 897. The van der Waals surface area contributed by atoms with E-state index in [1.165, 1.54) is 6.92 Å². The Kier molecular flexibility index (Phi) is 9.30. The highest BCUT2D eigenvalue weighted by molar-refractivity contribution is 5.67. The number of terminal acetylenes is 1. The average Bonchev–Trinajstić information content (AvgIpc) is 2.74. The maximum atomic E-state index is 11.3. The van der Waals surface area contributed by atoms with E-state index in [2.05, 4.69) is 24.3 Å². The fraction of sp³-hybridized carbons (Fsp3) is 0.269. The monoisotopic (exact) mass is 386 g/mol. The molecular formula is C26H26O3. The summed E-state index contributed by atoms with van der Waals surface area (Å²) in [5.74, 6) is 8.49. The molecule has 0 saturated heterocycles. The summed E-state index contributed by atoms with van der Waals surface area (Å²) in [5.41, 5.74) is 2.53. The van der Waals surface area contributed by atoms with Crippen molar-refractivity contribution < 1.29 is 14.3 Å². The lowest BCUT2D eigenvalue weighted by Gasteiger charge is -2.14. The van der Waals surface area contributed by atoms with Crippen molar-refractivity contribution in [3.63, 3.8) is 0 Å². The first kappa shape index (κ1) is 22.0. The summed E-state index contributed by atoms with van der Waals surface area (Å²) in [6, 6.07) is 17.4. The molecule has 0 aliphatic carbocycles. The molecule has 0 spiro atoms. The molecule has 0 amide bonds. The van der Waals surface area contributed by atoms with Gasteiger partial charge in [0.1, 0.15) is 6.10 Å². The molecular weight excluding hydrogens is 360 g/mol. The minimum Gasteiger partial charge on any atom is -0.444 e. The lowest BCUT2D eigenvalue weighted by atomic mass is 10.0. The van der Waals surface area contributed by atoms with E-state index >= 15 is 0 Å². The van der Waals surface area contributed by atoms with E-state index in [1.807, 2.05) is 60.7 Å². The van der Waals surface area contributed by atoms with E-state index in [-0.39, 0.29) is 6.10 Å². The van der Waals surface area contributed by atoms with Crippen LogP contribution in [0.5, 0.6) is 0 Å². The lowest BCUT2D eigenvalue weighted by Crippen LogP contribution is -2.11. The third-order valence-electron chi connectivity index (χ3n) is 4.21. The SMILES string of the molecule is C#CC(OC(C)=O)c1ccccc1C#CC(CCCC=C)OCc1ccccc1. The standard InChI is InChI=1S/C26H26O3/c1-4-6-8-16-24(28-20-22-13-9-7-10-14-22)19-18-23-15-11-12-17-25(23)26(5-2)29-21(3)27/h2,4,7,9-15,17,24,26H,1,6,8,16,20H2,3H3. The molecule has 0 heterocycles. The van der Waals surface area contributed by atoms with Crippen LogP contribution >= 0.6 is 0 Å². The highest BCUT2D eigenvalue weighted by Gasteiger charge is 2.15. The van der Waals surface area contributed by atoms with Crippen molar-refractivity contribution in [1.82, 2.24) is 0 Å². The lowest BCUT2D eigenvalue weighted by molar-refractivity contribution is -0.144. The third-order valence-corrected chi connectivity index (χ3v) is 4.21. The van der Waals surface area contributed by atoms with Crippen molar-refractivity contribution in [1.29, 1.82) is 0 Å². The van der Waals surface area contributed by atoms with E-state index < -0.39 is 12.1 Å². The quantitative estimate of drug-likeness (QED) is 0.257. The van der Waals surface area contributed by atoms with Crippen molar-refractivity contribution in [2.75, 3.05) is 0 Å². The topological polar surface area (TPSA) is 35.5 Å². The molecule has 0 N–H and O–H groups in total. The number of hydrogen-bond acceptors (Lipinski definition) is 3. The second kappa shape index (κ2) is 12.2. The van der Waals surface area contributed by atoms with E-state index in [9.17, 15) is 4.79 Å². The number of allylic oxidation sites excluding steroid dienone is 1. The van der Waals surface area contributed by atoms with Gasteiger partial charge in [-0.25, -0.2) is 0 Å². The fourth-order valence-corrected chi connectivity index (χ4v) is 2.77. The molecule has 2 rings (SSSR count). The summed E-state index contributed by atoms with van der Waals surface area (Å²) in [6.07, 6.45) is 9.13. The predicted octanol–water partition coefficient (Wildman–Crippen LogP) is 5.22. The van der Waals surface area contributed by atoms with Crippen LogP contribution in [0.3, 0.4) is 0 Å². The first-order chi connectivity index (χ1) is 14.1. The zero-order valence-electron chi connectivity index (χ0n) is 16.8. The highest BCUT2D eigenvalue weighted by Crippen LogP contribution is 2.21. The van der Waals surface area contributed by atoms with Crippen LogP contribution in [-0.2, 0) is 20.9 Å². The van der Waals surface area contributed by atoms with Gasteiger partial charge in [0.25, 0.3) is 0 Å². The number of rotatable bonds is 9. The van der Waals surface area contributed by atoms with Gasteiger partial charge in [0.15, 0.2) is 6.10 Å². The van der Waals surface area contributed by atoms with E-state index in [1.54, 1.807) is 0 Å². The molecule has 2 atom stereocenters. The minimum absolute atomic E-state index is 0.221. The Labute approximate surface area is 173 Å². The Balaban J connectivity index is 2.19. The minimum atomic E-state index is -0.762. The smallest absolute Gasteiger partial charge is 0.304 e. The normalized spacial score (nSPS) is 12.0. The average molecular weight is 386 g/mol. The van der Waals surface area contributed by atoms with Crippen LogP contribution in [-0.4, -0.2) is 12.1 Å². The summed E-state index contributed by atoms with van der Waals surface area (Å²) >= 11 is 0. The van der Waals surface area contributed by atoms with Crippen LogP contribution in [0.25, 0.3) is 0 Å². The Morgan fingerprint density at radius 3 is 2.59 bits per heavy atom. The van der Waals surface area contributed by atoms with Gasteiger partial charge in [-0.3, -0.25) is 4.79 Å². The van der Waals surface area contributed by atoms with Crippen LogP contribution in [0.2, 0.25) is 0 Å². The van der Waals surface area contributed by atoms with Crippen molar-refractivity contribution >= 4 is 5.97 Å². The molecule has 148 valence electrons. The number of benzene rings is 2. The molecule has 0 fully saturated rings. The molecule has 0 bridgehead atoms. The number of hydrogen-bond donors (Lipinski definition) is 0. The zero-order valence-corrected chi connectivity index (χ0v) is 16.8. The van der Waals surface area contributed by atoms with Crippen molar-refractivity contribution in [2.24, 2.45) is 0 Å². The fourth-order valence-electron chi connectivity index (χ4n) is 2.77. The van der Waals surface area contributed by atoms with Crippen molar-refractivity contribution in [3.8, 4) is 24.2 Å². The predicted molar refractivity (Wildman–Crippen MR) is 116 cm³/mol. The summed E-state index contributed by atoms with van der Waals surface area (Å²) in [4.78, 5) is 11.3. The number of carbonyl (C=O) groups excluding carboxylic acids is 1. The van der Waals surface area contributed by atoms with Crippen LogP contribution in [0, 0.1) is 24.2 Å². The number of ether oxygens (including phenoxy) is 2. The number of carbonyl (C=O) groups is 1. The summed E-state index contributed by atoms with van der Waals surface area (Å²) in [5, 5.41) is 0. The number of esters is 1. The molecule has 2 aromatic carbocycles. The molecule has 0 radical (unpaired) electrons. The zero-order chi connectivity index (χ0) is 20.9. The summed E-state index contributed by atoms with van der Waals surface area (Å²) in [6.45, 7) is 5.61. The molecule has 2 unspecified atom stereocenters. The Morgan fingerprint density at radius 2 is 1.90 bits per heavy atom. The molecule has 0 aliphatic heterocycles. The van der Waals surface area contributed by atoms with Gasteiger partial charge in [0.2, 0.25) is 0 Å². The van der Waals surface area contributed by atoms with E-state index in [0.29, 0.717) is 12.2 Å². The first-order valence-electron chi connectivity index (χ1n) is 9.64. The largest absolute Gasteiger partial charge is 0.444 e. The van der Waals surface area contributed by atoms with Gasteiger partial charge >= 0.3 is 5.97 Å². The van der Waals surface area contributed by atoms with Gasteiger partial charge in [-0.05, 0) is 30.9 Å². The van der Waals surface area contributed by atoms with Crippen LogP contribution in [0.4, 0.5) is 0 Å². The highest BCUT2D eigenvalue weighted by atomic mass is 16.5. The van der Waals surface area contributed by atoms with Gasteiger partial charge in [-0.15, -0.1) is 13.0 Å². The molecule has 2 aromatic rings. The van der Waals surface area contributed by atoms with E-state index in [0.717, 1.165) is 30.4 Å². The second-order valence-electron chi connectivity index (χ2n) is 6.52. The molecule has 0 saturated carbocycles. The van der Waals surface area contributed by atoms with Crippen LogP contribution < -0.4 is 0 Å². The molecule has 29 heavy (non-hydrogen) atoms. The summed E-state index contributed by atoms with van der Waals surface area (Å²) < 4.78 is 11.3. The number of unbranched alkanes of at least 4 members (excludes halogenated alkanes) is 1. The molecule has 3 nitrogen and oxygen atoms in total. The van der Waals surface area contributed by atoms with Crippen LogP contribution in [0.1, 0.15) is 49.0 Å². The Morgan fingerprint density at radius 1 is 1.17 bits per heavy atom.